The number of phenolic OH excluding ortho intramolecular Hbond substituents is 1. The molecule has 210 valence electrons. The fraction of sp³-hybridized carbons (Fsp3) is 0.148. The fourth-order valence-corrected chi connectivity index (χ4v) is 4.28. The van der Waals surface area contributed by atoms with E-state index >= 15 is 0 Å². The van der Waals surface area contributed by atoms with Crippen molar-refractivity contribution in [2.45, 2.75) is 19.1 Å². The molecule has 40 heavy (non-hydrogen) atoms. The highest BCUT2D eigenvalue weighted by molar-refractivity contribution is 6.35. The van der Waals surface area contributed by atoms with Crippen molar-refractivity contribution in [3.63, 3.8) is 0 Å². The van der Waals surface area contributed by atoms with Gasteiger partial charge in [-0.3, -0.25) is 10.2 Å². The third-order valence-corrected chi connectivity index (χ3v) is 6.26. The van der Waals surface area contributed by atoms with Crippen molar-refractivity contribution < 1.29 is 33.0 Å². The molecule has 6 N–H and O–H groups in total. The van der Waals surface area contributed by atoms with Crippen LogP contribution in [0.2, 0.25) is 10.0 Å². The Morgan fingerprint density at radius 3 is 2.33 bits per heavy atom. The molecule has 0 unspecified atom stereocenters. The Kier molecular flexibility index (Phi) is 9.67. The van der Waals surface area contributed by atoms with E-state index in [4.69, 9.17) is 44.2 Å². The third-order valence-electron chi connectivity index (χ3n) is 5.67. The summed E-state index contributed by atoms with van der Waals surface area (Å²) < 4.78 is 33.6. The number of carbonyl (C=O) groups excluding carboxylic acids is 1. The molecule has 0 radical (unpaired) electrons. The van der Waals surface area contributed by atoms with Gasteiger partial charge in [-0.05, 0) is 53.9 Å². The molecule has 4 aromatic rings. The van der Waals surface area contributed by atoms with Gasteiger partial charge in [-0.1, -0.05) is 53.5 Å². The average Bonchev–Trinajstić information content (AvgIpc) is 3.25. The van der Waals surface area contributed by atoms with E-state index in [0.717, 1.165) is 16.6 Å². The van der Waals surface area contributed by atoms with Crippen LogP contribution in [0.3, 0.4) is 0 Å². The zero-order valence-electron chi connectivity index (χ0n) is 20.6. The van der Waals surface area contributed by atoms with Crippen molar-refractivity contribution in [2.75, 3.05) is 6.54 Å². The molecular formula is C27H23Cl2F3N4O4. The molecule has 0 aliphatic heterocycles. The number of aromatic nitrogens is 1. The second-order valence-electron chi connectivity index (χ2n) is 8.48. The third kappa shape index (κ3) is 7.67. The van der Waals surface area contributed by atoms with E-state index in [9.17, 15) is 23.1 Å². The number of alkyl halides is 3. The summed E-state index contributed by atoms with van der Waals surface area (Å²) in [6, 6.07) is 19.5. The molecule has 13 heteroatoms. The Morgan fingerprint density at radius 2 is 1.70 bits per heavy atom. The summed E-state index contributed by atoms with van der Waals surface area (Å²) in [4.78, 5) is 22.0. The van der Waals surface area contributed by atoms with E-state index in [1.807, 2.05) is 34.9 Å². The van der Waals surface area contributed by atoms with Crippen molar-refractivity contribution in [1.29, 1.82) is 5.41 Å². The van der Waals surface area contributed by atoms with E-state index < -0.39 is 12.1 Å². The van der Waals surface area contributed by atoms with Crippen LogP contribution in [0, 0.1) is 5.41 Å². The number of carboxylic acid groups (broad SMARTS) is 1. The zero-order chi connectivity index (χ0) is 29.6. The van der Waals surface area contributed by atoms with E-state index in [1.165, 1.54) is 0 Å². The lowest BCUT2D eigenvalue weighted by atomic mass is 10.1. The van der Waals surface area contributed by atoms with Gasteiger partial charge in [0.05, 0.1) is 5.52 Å². The summed E-state index contributed by atoms with van der Waals surface area (Å²) in [5, 5.41) is 29.8. The van der Waals surface area contributed by atoms with Gasteiger partial charge >= 0.3 is 12.1 Å². The second kappa shape index (κ2) is 12.8. The van der Waals surface area contributed by atoms with Crippen LogP contribution in [-0.2, 0) is 17.8 Å². The van der Waals surface area contributed by atoms with Crippen molar-refractivity contribution in [3.05, 3.63) is 99.2 Å². The van der Waals surface area contributed by atoms with Gasteiger partial charge in [-0.2, -0.15) is 13.2 Å². The number of benzene rings is 3. The molecule has 8 nitrogen and oxygen atoms in total. The lowest BCUT2D eigenvalue weighted by Crippen LogP contribution is -2.28. The summed E-state index contributed by atoms with van der Waals surface area (Å²) >= 11 is 12.2. The number of hydrogen-bond acceptors (Lipinski definition) is 4. The van der Waals surface area contributed by atoms with Crippen LogP contribution in [0.5, 0.6) is 5.75 Å². The molecule has 3 aromatic carbocycles. The van der Waals surface area contributed by atoms with E-state index in [1.54, 1.807) is 36.4 Å². The van der Waals surface area contributed by atoms with Crippen LogP contribution < -0.4 is 11.1 Å². The van der Waals surface area contributed by atoms with Gasteiger partial charge in [0.1, 0.15) is 17.3 Å². The number of nitrogens with zero attached hydrogens (tertiary/aromatic N) is 1. The number of amides is 1. The maximum atomic E-state index is 13.1. The number of amidine groups is 1. The molecule has 1 amide bonds. The van der Waals surface area contributed by atoms with Gasteiger partial charge in [0.25, 0.3) is 5.91 Å². The van der Waals surface area contributed by atoms with Crippen molar-refractivity contribution in [1.82, 2.24) is 9.88 Å². The number of halogens is 5. The summed E-state index contributed by atoms with van der Waals surface area (Å²) in [5.74, 6) is -2.94. The minimum absolute atomic E-state index is 0.0225. The first kappa shape index (κ1) is 30.3. The van der Waals surface area contributed by atoms with Crippen LogP contribution >= 0.6 is 23.2 Å². The summed E-state index contributed by atoms with van der Waals surface area (Å²) in [6.45, 7) is 0.757. The molecule has 0 saturated carbocycles. The number of hydrogen-bond donors (Lipinski definition) is 5. The molecule has 0 atom stereocenters. The van der Waals surface area contributed by atoms with Crippen LogP contribution in [0.25, 0.3) is 10.9 Å². The Morgan fingerprint density at radius 1 is 1.02 bits per heavy atom. The van der Waals surface area contributed by atoms with E-state index in [0.29, 0.717) is 46.2 Å². The smallest absolute Gasteiger partial charge is 0.490 e. The number of carboxylic acids is 1. The Labute approximate surface area is 236 Å². The van der Waals surface area contributed by atoms with Crippen molar-refractivity contribution in [2.24, 2.45) is 5.73 Å². The first-order valence-electron chi connectivity index (χ1n) is 11.5. The fourth-order valence-electron chi connectivity index (χ4n) is 3.77. The number of carbonyl (C=O) groups is 2. The Hall–Kier alpha value is -4.22. The minimum atomic E-state index is -5.08. The normalized spacial score (nSPS) is 11.0. The second-order valence-corrected chi connectivity index (χ2v) is 9.33. The number of nitrogens with two attached hydrogens (primary N) is 1. The average molecular weight is 595 g/mol. The molecule has 0 fully saturated rings. The first-order valence-corrected chi connectivity index (χ1v) is 12.3. The maximum absolute atomic E-state index is 13.1. The molecule has 1 heterocycles. The van der Waals surface area contributed by atoms with Crippen LogP contribution in [0.15, 0.2) is 66.7 Å². The van der Waals surface area contributed by atoms with Gasteiger partial charge < -0.3 is 25.8 Å². The standard InChI is InChI=1S/C25H22Cl2N4O2.C2HF3O2/c26-18-8-7-16(20(27)12-18)9-10-30-25(33)22-13-19-21(5-2-6-23(19)32)31(22)14-15-3-1-4-17(11-15)24(28)29;3-2(4,5)1(6)7/h1-8,11-13,32H,9-10,14H2,(H3,28,29)(H,30,33);(H,6,7). The lowest BCUT2D eigenvalue weighted by molar-refractivity contribution is -0.192. The monoisotopic (exact) mass is 594 g/mol. The first-order chi connectivity index (χ1) is 18.8. The number of aromatic hydroxyl groups is 1. The largest absolute Gasteiger partial charge is 0.507 e. The topological polar surface area (TPSA) is 141 Å². The van der Waals surface area contributed by atoms with Crippen molar-refractivity contribution >= 4 is 51.8 Å². The molecule has 0 saturated heterocycles. The van der Waals surface area contributed by atoms with Gasteiger partial charge in [0.2, 0.25) is 0 Å². The molecular weight excluding hydrogens is 572 g/mol. The van der Waals surface area contributed by atoms with Crippen LogP contribution in [-0.4, -0.2) is 45.2 Å². The number of phenols is 1. The molecule has 0 spiro atoms. The number of aliphatic carboxylic acids is 1. The van der Waals surface area contributed by atoms with E-state index in [2.05, 4.69) is 5.32 Å². The Bertz CT molecular complexity index is 1570. The molecule has 0 aliphatic rings. The van der Waals surface area contributed by atoms with Gasteiger partial charge in [0, 0.05) is 34.1 Å². The highest BCUT2D eigenvalue weighted by Gasteiger charge is 2.38. The predicted molar refractivity (Wildman–Crippen MR) is 146 cm³/mol. The van der Waals surface area contributed by atoms with Gasteiger partial charge in [-0.25, -0.2) is 4.79 Å². The number of fused-ring (bicyclic) bond motifs is 1. The number of nitrogens with one attached hydrogen (secondary N) is 2. The highest BCUT2D eigenvalue weighted by Crippen LogP contribution is 2.29. The SMILES string of the molecule is N=C(N)c1cccc(Cn2c(C(=O)NCCc3ccc(Cl)cc3Cl)cc3c(O)cccc32)c1.O=C(O)C(F)(F)F. The predicted octanol–water partition coefficient (Wildman–Crippen LogP) is 5.59. The van der Waals surface area contributed by atoms with Gasteiger partial charge in [0.15, 0.2) is 0 Å². The minimum Gasteiger partial charge on any atom is -0.507 e. The number of nitrogen functional groups attached to an aromatic ring is 1. The quantitative estimate of drug-likeness (QED) is 0.140. The summed E-state index contributed by atoms with van der Waals surface area (Å²) in [7, 11) is 0. The van der Waals surface area contributed by atoms with Crippen molar-refractivity contribution in [3.8, 4) is 5.75 Å². The maximum Gasteiger partial charge on any atom is 0.490 e. The number of rotatable bonds is 7. The molecule has 0 aliphatic carbocycles. The zero-order valence-corrected chi connectivity index (χ0v) is 22.1. The lowest BCUT2D eigenvalue weighted by Gasteiger charge is -2.13. The van der Waals surface area contributed by atoms with Gasteiger partial charge in [-0.15, -0.1) is 0 Å². The summed E-state index contributed by atoms with van der Waals surface area (Å²) in [5.41, 5.74) is 9.16. The molecule has 4 rings (SSSR count). The Balaban J connectivity index is 0.000000559. The molecule has 0 bridgehead atoms. The highest BCUT2D eigenvalue weighted by atomic mass is 35.5. The van der Waals surface area contributed by atoms with Crippen LogP contribution in [0.4, 0.5) is 13.2 Å². The molecule has 1 aromatic heterocycles. The summed E-state index contributed by atoms with van der Waals surface area (Å²) in [6.07, 6.45) is -4.53. The van der Waals surface area contributed by atoms with Crippen LogP contribution in [0.1, 0.15) is 27.2 Å². The van der Waals surface area contributed by atoms with E-state index in [-0.39, 0.29) is 17.5 Å².